The van der Waals surface area contributed by atoms with Crippen LogP contribution in [0.5, 0.6) is 11.5 Å². The van der Waals surface area contributed by atoms with E-state index >= 15 is 0 Å². The average Bonchev–Trinajstić information content (AvgIpc) is 3.14. The smallest absolute Gasteiger partial charge is 0.287 e. The van der Waals surface area contributed by atoms with E-state index < -0.39 is 0 Å². The standard InChI is InChI=1S/C23H21N3O5/c1-14-4-9-19(25-23(28)16-5-7-18(29-3)8-6-16)20(10-14)30-13-17-12-22(27)26-21(24-17)11-15(2)31-26/h4-12H,13H2,1-3H3,(H,25,28). The van der Waals surface area contributed by atoms with Crippen LogP contribution in [0.15, 0.2) is 63.9 Å². The van der Waals surface area contributed by atoms with Gasteiger partial charge in [0, 0.05) is 17.7 Å². The molecular weight excluding hydrogens is 398 g/mol. The molecule has 1 N–H and O–H groups in total. The highest BCUT2D eigenvalue weighted by Crippen LogP contribution is 2.27. The number of methoxy groups -OCH3 is 1. The molecule has 2 aromatic heterocycles. The highest BCUT2D eigenvalue weighted by molar-refractivity contribution is 6.05. The molecule has 0 atom stereocenters. The zero-order valence-electron chi connectivity index (χ0n) is 17.3. The second kappa shape index (κ2) is 8.35. The van der Waals surface area contributed by atoms with Gasteiger partial charge >= 0.3 is 0 Å². The molecule has 0 unspecified atom stereocenters. The number of carbonyl (C=O) groups excluding carboxylic acids is 1. The molecule has 1 amide bonds. The molecule has 8 heteroatoms. The fourth-order valence-corrected chi connectivity index (χ4v) is 3.09. The van der Waals surface area contributed by atoms with Crippen LogP contribution in [-0.4, -0.2) is 22.6 Å². The number of ether oxygens (including phenoxy) is 2. The molecular formula is C23H21N3O5. The zero-order chi connectivity index (χ0) is 22.0. The van der Waals surface area contributed by atoms with Crippen LogP contribution in [0.1, 0.15) is 27.4 Å². The van der Waals surface area contributed by atoms with Gasteiger partial charge in [-0.3, -0.25) is 9.59 Å². The second-order valence-corrected chi connectivity index (χ2v) is 7.06. The molecule has 4 rings (SSSR count). The van der Waals surface area contributed by atoms with Crippen molar-refractivity contribution in [3.05, 3.63) is 87.5 Å². The summed E-state index contributed by atoms with van der Waals surface area (Å²) in [5.41, 5.74) is 2.52. The summed E-state index contributed by atoms with van der Waals surface area (Å²) < 4.78 is 17.5. The van der Waals surface area contributed by atoms with E-state index in [0.29, 0.717) is 39.9 Å². The highest BCUT2D eigenvalue weighted by Gasteiger charge is 2.12. The maximum atomic E-state index is 12.6. The number of anilines is 1. The number of fused-ring (bicyclic) bond motifs is 1. The van der Waals surface area contributed by atoms with Crippen molar-refractivity contribution in [1.82, 2.24) is 9.56 Å². The Labute approximate surface area is 178 Å². The molecule has 0 aliphatic rings. The van der Waals surface area contributed by atoms with E-state index in [0.717, 1.165) is 10.1 Å². The number of aromatic nitrogens is 2. The van der Waals surface area contributed by atoms with E-state index in [1.54, 1.807) is 50.4 Å². The maximum absolute atomic E-state index is 12.6. The molecule has 0 fully saturated rings. The van der Waals surface area contributed by atoms with E-state index in [-0.39, 0.29) is 18.1 Å². The molecule has 0 saturated carbocycles. The third-order valence-electron chi connectivity index (χ3n) is 4.64. The Bertz CT molecular complexity index is 1310. The zero-order valence-corrected chi connectivity index (χ0v) is 17.3. The number of hydrogen-bond donors (Lipinski definition) is 1. The Morgan fingerprint density at radius 2 is 1.87 bits per heavy atom. The summed E-state index contributed by atoms with van der Waals surface area (Å²) in [5, 5.41) is 2.87. The lowest BCUT2D eigenvalue weighted by Gasteiger charge is -2.13. The highest BCUT2D eigenvalue weighted by atomic mass is 16.5. The van der Waals surface area contributed by atoms with Crippen LogP contribution in [-0.2, 0) is 6.61 Å². The largest absolute Gasteiger partial charge is 0.497 e. The Morgan fingerprint density at radius 1 is 1.10 bits per heavy atom. The van der Waals surface area contributed by atoms with Crippen molar-refractivity contribution >= 4 is 17.2 Å². The van der Waals surface area contributed by atoms with Crippen LogP contribution in [0.4, 0.5) is 5.69 Å². The second-order valence-electron chi connectivity index (χ2n) is 7.06. The number of benzene rings is 2. The Kier molecular flexibility index (Phi) is 5.44. The predicted molar refractivity (Wildman–Crippen MR) is 115 cm³/mol. The topological polar surface area (TPSA) is 95.1 Å². The lowest BCUT2D eigenvalue weighted by molar-refractivity contribution is 0.102. The Morgan fingerprint density at radius 3 is 2.61 bits per heavy atom. The first-order valence-corrected chi connectivity index (χ1v) is 9.61. The van der Waals surface area contributed by atoms with Gasteiger partial charge in [-0.1, -0.05) is 6.07 Å². The van der Waals surface area contributed by atoms with Gasteiger partial charge in [-0.25, -0.2) is 4.98 Å². The molecule has 0 aliphatic heterocycles. The lowest BCUT2D eigenvalue weighted by Crippen LogP contribution is -2.15. The normalized spacial score (nSPS) is 10.8. The fourth-order valence-electron chi connectivity index (χ4n) is 3.09. The van der Waals surface area contributed by atoms with Crippen molar-refractivity contribution < 1.29 is 18.8 Å². The first-order chi connectivity index (χ1) is 14.9. The summed E-state index contributed by atoms with van der Waals surface area (Å²) in [6.07, 6.45) is 0. The fraction of sp³-hybridized carbons (Fsp3) is 0.174. The molecule has 0 aliphatic carbocycles. The van der Waals surface area contributed by atoms with Crippen LogP contribution >= 0.6 is 0 Å². The summed E-state index contributed by atoms with van der Waals surface area (Å²) in [7, 11) is 1.57. The van der Waals surface area contributed by atoms with Gasteiger partial charge in [-0.15, -0.1) is 4.57 Å². The van der Waals surface area contributed by atoms with E-state index in [1.807, 2.05) is 19.1 Å². The number of carbonyl (C=O) groups is 1. The molecule has 2 aromatic carbocycles. The van der Waals surface area contributed by atoms with Crippen molar-refractivity contribution in [2.45, 2.75) is 20.5 Å². The number of hydrogen-bond acceptors (Lipinski definition) is 6. The summed E-state index contributed by atoms with van der Waals surface area (Å²) in [5.74, 6) is 1.46. The summed E-state index contributed by atoms with van der Waals surface area (Å²) in [6, 6.07) is 15.3. The van der Waals surface area contributed by atoms with E-state index in [2.05, 4.69) is 10.3 Å². The first-order valence-electron chi connectivity index (χ1n) is 9.61. The molecule has 8 nitrogen and oxygen atoms in total. The minimum absolute atomic E-state index is 0.0603. The molecule has 31 heavy (non-hydrogen) atoms. The number of nitrogens with one attached hydrogen (secondary N) is 1. The third-order valence-corrected chi connectivity index (χ3v) is 4.64. The number of aryl methyl sites for hydroxylation is 2. The minimum Gasteiger partial charge on any atom is -0.497 e. The van der Waals surface area contributed by atoms with E-state index in [9.17, 15) is 9.59 Å². The molecule has 0 spiro atoms. The summed E-state index contributed by atoms with van der Waals surface area (Å²) in [6.45, 7) is 3.73. The van der Waals surface area contributed by atoms with Crippen LogP contribution in [0, 0.1) is 13.8 Å². The molecule has 0 bridgehead atoms. The monoisotopic (exact) mass is 419 g/mol. The number of amides is 1. The van der Waals surface area contributed by atoms with Gasteiger partial charge in [0.15, 0.2) is 5.65 Å². The SMILES string of the molecule is COc1ccc(C(=O)Nc2ccc(C)cc2OCc2cc(=O)n3oc(C)cc3n2)cc1. The number of nitrogens with zero attached hydrogens (tertiary/aromatic N) is 2. The average molecular weight is 419 g/mol. The minimum atomic E-state index is -0.325. The summed E-state index contributed by atoms with van der Waals surface area (Å²) >= 11 is 0. The van der Waals surface area contributed by atoms with Crippen LogP contribution in [0.3, 0.4) is 0 Å². The Balaban J connectivity index is 1.54. The van der Waals surface area contributed by atoms with Crippen molar-refractivity contribution in [2.75, 3.05) is 12.4 Å². The van der Waals surface area contributed by atoms with Gasteiger partial charge in [0.05, 0.1) is 18.5 Å². The number of rotatable bonds is 6. The van der Waals surface area contributed by atoms with E-state index in [4.69, 9.17) is 14.0 Å². The van der Waals surface area contributed by atoms with Crippen LogP contribution in [0.25, 0.3) is 5.65 Å². The lowest BCUT2D eigenvalue weighted by atomic mass is 10.1. The van der Waals surface area contributed by atoms with Gasteiger partial charge < -0.3 is 19.3 Å². The maximum Gasteiger partial charge on any atom is 0.287 e. The molecule has 2 heterocycles. The van der Waals surface area contributed by atoms with Crippen molar-refractivity contribution in [1.29, 1.82) is 0 Å². The quantitative estimate of drug-likeness (QED) is 0.512. The summed E-state index contributed by atoms with van der Waals surface area (Å²) in [4.78, 5) is 29.2. The third kappa shape index (κ3) is 4.42. The van der Waals surface area contributed by atoms with Crippen molar-refractivity contribution in [3.63, 3.8) is 0 Å². The van der Waals surface area contributed by atoms with Crippen LogP contribution in [0.2, 0.25) is 0 Å². The Hall–Kier alpha value is -4.07. The van der Waals surface area contributed by atoms with Gasteiger partial charge in [0.25, 0.3) is 11.5 Å². The van der Waals surface area contributed by atoms with Gasteiger partial charge in [0.1, 0.15) is 23.9 Å². The first kappa shape index (κ1) is 20.2. The van der Waals surface area contributed by atoms with Gasteiger partial charge in [-0.05, 0) is 55.8 Å². The molecule has 158 valence electrons. The molecule has 0 radical (unpaired) electrons. The van der Waals surface area contributed by atoms with Crippen LogP contribution < -0.4 is 20.3 Å². The van der Waals surface area contributed by atoms with Crippen molar-refractivity contribution in [2.24, 2.45) is 0 Å². The van der Waals surface area contributed by atoms with Crippen molar-refractivity contribution in [3.8, 4) is 11.5 Å². The van der Waals surface area contributed by atoms with Gasteiger partial charge in [-0.2, -0.15) is 0 Å². The molecule has 0 saturated heterocycles. The molecule has 4 aromatic rings. The van der Waals surface area contributed by atoms with Gasteiger partial charge in [0.2, 0.25) is 0 Å². The predicted octanol–water partition coefficient (Wildman–Crippen LogP) is 3.74. The van der Waals surface area contributed by atoms with E-state index in [1.165, 1.54) is 6.07 Å².